The van der Waals surface area contributed by atoms with Gasteiger partial charge in [-0.3, -0.25) is 0 Å². The van der Waals surface area contributed by atoms with Gasteiger partial charge in [0.1, 0.15) is 0 Å². The zero-order chi connectivity index (χ0) is 9.68. The van der Waals surface area contributed by atoms with Gasteiger partial charge in [-0.1, -0.05) is 23.7 Å². The highest BCUT2D eigenvalue weighted by Gasteiger charge is 1.87. The molecule has 68 valence electrons. The molecule has 0 aliphatic heterocycles. The Morgan fingerprint density at radius 2 is 1.85 bits per heavy atom. The highest BCUT2D eigenvalue weighted by Crippen LogP contribution is 2.07. The molecule has 0 aliphatic carbocycles. The molecule has 0 aromatic heterocycles. The van der Waals surface area contributed by atoms with Crippen LogP contribution in [0.15, 0.2) is 34.5 Å². The van der Waals surface area contributed by atoms with Crippen molar-refractivity contribution in [2.45, 2.75) is 0 Å². The lowest BCUT2D eigenvalue weighted by Crippen LogP contribution is -2.21. The van der Waals surface area contributed by atoms with E-state index >= 15 is 0 Å². The average molecular weight is 197 g/mol. The van der Waals surface area contributed by atoms with Crippen LogP contribution < -0.4 is 11.5 Å². The third-order valence-electron chi connectivity index (χ3n) is 1.25. The van der Waals surface area contributed by atoms with Gasteiger partial charge in [0, 0.05) is 5.02 Å². The van der Waals surface area contributed by atoms with Gasteiger partial charge >= 0.3 is 0 Å². The van der Waals surface area contributed by atoms with Crippen LogP contribution in [-0.4, -0.2) is 12.2 Å². The van der Waals surface area contributed by atoms with E-state index in [0.29, 0.717) is 5.02 Å². The molecule has 0 saturated heterocycles. The number of nitrogens with two attached hydrogens (primary N) is 2. The van der Waals surface area contributed by atoms with E-state index in [1.54, 1.807) is 12.1 Å². The van der Waals surface area contributed by atoms with Gasteiger partial charge in [0.2, 0.25) is 5.96 Å². The van der Waals surface area contributed by atoms with Crippen molar-refractivity contribution in [1.82, 2.24) is 0 Å². The smallest absolute Gasteiger partial charge is 0.211 e. The molecule has 0 spiro atoms. The lowest BCUT2D eigenvalue weighted by atomic mass is 10.2. The van der Waals surface area contributed by atoms with Crippen LogP contribution in [0, 0.1) is 0 Å². The van der Waals surface area contributed by atoms with Crippen molar-refractivity contribution in [3.8, 4) is 0 Å². The highest BCUT2D eigenvalue weighted by molar-refractivity contribution is 6.30. The van der Waals surface area contributed by atoms with Gasteiger partial charge < -0.3 is 11.5 Å². The summed E-state index contributed by atoms with van der Waals surface area (Å²) in [6.45, 7) is 0. The Bertz CT molecular complexity index is 325. The van der Waals surface area contributed by atoms with Gasteiger partial charge in [0.15, 0.2) is 0 Å². The molecule has 1 aromatic rings. The summed E-state index contributed by atoms with van der Waals surface area (Å²) in [6.07, 6.45) is 1.54. The summed E-state index contributed by atoms with van der Waals surface area (Å²) in [6, 6.07) is 7.15. The standard InChI is InChI=1S/C8H9ClN4/c9-7-3-1-6(2-4-7)5-12-13-8(10)11/h1-5H,(H4,10,11,13)/b12-5-. The van der Waals surface area contributed by atoms with Crippen LogP contribution >= 0.6 is 11.6 Å². The molecular formula is C8H9ClN4. The number of nitrogens with zero attached hydrogens (tertiary/aromatic N) is 2. The molecule has 0 amide bonds. The molecule has 0 atom stereocenters. The van der Waals surface area contributed by atoms with Crippen molar-refractivity contribution < 1.29 is 0 Å². The van der Waals surface area contributed by atoms with Gasteiger partial charge in [-0.2, -0.15) is 5.10 Å². The highest BCUT2D eigenvalue weighted by atomic mass is 35.5. The Morgan fingerprint density at radius 3 is 2.38 bits per heavy atom. The fourth-order valence-electron chi connectivity index (χ4n) is 0.711. The molecule has 4 nitrogen and oxygen atoms in total. The van der Waals surface area contributed by atoms with Gasteiger partial charge in [0.25, 0.3) is 0 Å². The van der Waals surface area contributed by atoms with E-state index in [9.17, 15) is 0 Å². The minimum Gasteiger partial charge on any atom is -0.369 e. The molecule has 4 N–H and O–H groups in total. The Morgan fingerprint density at radius 1 is 1.23 bits per heavy atom. The van der Waals surface area contributed by atoms with E-state index in [1.165, 1.54) is 6.21 Å². The Labute approximate surface area is 80.9 Å². The third-order valence-corrected chi connectivity index (χ3v) is 1.50. The summed E-state index contributed by atoms with van der Waals surface area (Å²) in [5.41, 5.74) is 11.0. The first-order valence-electron chi connectivity index (χ1n) is 3.56. The van der Waals surface area contributed by atoms with E-state index in [-0.39, 0.29) is 5.96 Å². The van der Waals surface area contributed by atoms with Crippen molar-refractivity contribution in [3.63, 3.8) is 0 Å². The monoisotopic (exact) mass is 196 g/mol. The first kappa shape index (κ1) is 9.54. The van der Waals surface area contributed by atoms with Gasteiger partial charge in [-0.25, -0.2) is 0 Å². The van der Waals surface area contributed by atoms with Crippen molar-refractivity contribution in [2.24, 2.45) is 21.7 Å². The van der Waals surface area contributed by atoms with E-state index in [4.69, 9.17) is 23.1 Å². The van der Waals surface area contributed by atoms with Gasteiger partial charge in [-0.15, -0.1) is 5.10 Å². The number of rotatable bonds is 2. The van der Waals surface area contributed by atoms with E-state index in [0.717, 1.165) is 5.56 Å². The summed E-state index contributed by atoms with van der Waals surface area (Å²) < 4.78 is 0. The summed E-state index contributed by atoms with van der Waals surface area (Å²) in [7, 11) is 0. The number of guanidine groups is 1. The van der Waals surface area contributed by atoms with Crippen molar-refractivity contribution in [3.05, 3.63) is 34.9 Å². The summed E-state index contributed by atoms with van der Waals surface area (Å²) in [4.78, 5) is 0. The van der Waals surface area contributed by atoms with Crippen LogP contribution in [0.2, 0.25) is 5.02 Å². The average Bonchev–Trinajstić information content (AvgIpc) is 2.08. The first-order chi connectivity index (χ1) is 6.18. The molecule has 13 heavy (non-hydrogen) atoms. The molecule has 0 bridgehead atoms. The van der Waals surface area contributed by atoms with Crippen molar-refractivity contribution in [1.29, 1.82) is 0 Å². The fraction of sp³-hybridized carbons (Fsp3) is 0. The fourth-order valence-corrected chi connectivity index (χ4v) is 0.837. The lowest BCUT2D eigenvalue weighted by molar-refractivity contribution is 1.21. The summed E-state index contributed by atoms with van der Waals surface area (Å²) in [5.74, 6) is -0.0646. The number of benzene rings is 1. The molecule has 0 radical (unpaired) electrons. The predicted molar refractivity (Wildman–Crippen MR) is 54.9 cm³/mol. The lowest BCUT2D eigenvalue weighted by Gasteiger charge is -1.90. The first-order valence-corrected chi connectivity index (χ1v) is 3.94. The normalized spacial score (nSPS) is 10.2. The molecule has 0 aliphatic rings. The number of hydrogen-bond acceptors (Lipinski definition) is 2. The zero-order valence-electron chi connectivity index (χ0n) is 6.81. The van der Waals surface area contributed by atoms with Crippen LogP contribution in [0.3, 0.4) is 0 Å². The minimum absolute atomic E-state index is 0.0646. The second kappa shape index (κ2) is 4.47. The minimum atomic E-state index is -0.0646. The molecule has 0 fully saturated rings. The third kappa shape index (κ3) is 3.57. The maximum atomic E-state index is 5.68. The van der Waals surface area contributed by atoms with Crippen molar-refractivity contribution >= 4 is 23.8 Å². The Kier molecular flexibility index (Phi) is 3.28. The van der Waals surface area contributed by atoms with Gasteiger partial charge in [0.05, 0.1) is 6.21 Å². The number of hydrogen-bond donors (Lipinski definition) is 2. The Hall–Kier alpha value is -1.55. The Balaban J connectivity index is 2.70. The van der Waals surface area contributed by atoms with E-state index < -0.39 is 0 Å². The topological polar surface area (TPSA) is 76.8 Å². The summed E-state index contributed by atoms with van der Waals surface area (Å²) in [5, 5.41) is 7.77. The number of halogens is 1. The second-order valence-corrected chi connectivity index (χ2v) is 2.76. The van der Waals surface area contributed by atoms with Crippen LogP contribution in [0.1, 0.15) is 5.56 Å². The van der Waals surface area contributed by atoms with E-state index in [1.807, 2.05) is 12.1 Å². The molecule has 1 aromatic carbocycles. The predicted octanol–water partition coefficient (Wildman–Crippen LogP) is 0.947. The van der Waals surface area contributed by atoms with E-state index in [2.05, 4.69) is 10.2 Å². The van der Waals surface area contributed by atoms with Crippen molar-refractivity contribution in [2.75, 3.05) is 0 Å². The maximum Gasteiger partial charge on any atom is 0.211 e. The van der Waals surface area contributed by atoms with Crippen LogP contribution in [0.25, 0.3) is 0 Å². The molecular weight excluding hydrogens is 188 g/mol. The SMILES string of the molecule is NC(N)=N/N=C\c1ccc(Cl)cc1. The molecule has 5 heteroatoms. The molecule has 0 unspecified atom stereocenters. The quantitative estimate of drug-likeness (QED) is 0.420. The second-order valence-electron chi connectivity index (χ2n) is 2.32. The van der Waals surface area contributed by atoms with Crippen LogP contribution in [-0.2, 0) is 0 Å². The molecule has 1 rings (SSSR count). The zero-order valence-corrected chi connectivity index (χ0v) is 7.57. The summed E-state index contributed by atoms with van der Waals surface area (Å²) >= 11 is 5.68. The van der Waals surface area contributed by atoms with Crippen LogP contribution in [0.5, 0.6) is 0 Å². The maximum absolute atomic E-state index is 5.68. The van der Waals surface area contributed by atoms with Crippen LogP contribution in [0.4, 0.5) is 0 Å². The molecule has 0 saturated carbocycles. The molecule has 0 heterocycles. The largest absolute Gasteiger partial charge is 0.369 e. The van der Waals surface area contributed by atoms with Gasteiger partial charge in [-0.05, 0) is 17.7 Å².